The molecule has 0 fully saturated rings. The predicted molar refractivity (Wildman–Crippen MR) is 137 cm³/mol. The van der Waals surface area contributed by atoms with Gasteiger partial charge in [0.1, 0.15) is 17.0 Å². The smallest absolute Gasteiger partial charge is 0.178 e. The van der Waals surface area contributed by atoms with Crippen molar-refractivity contribution in [1.82, 2.24) is 15.2 Å². The summed E-state index contributed by atoms with van der Waals surface area (Å²) < 4.78 is 6.13. The van der Waals surface area contributed by atoms with E-state index in [0.717, 1.165) is 40.7 Å². The van der Waals surface area contributed by atoms with Crippen molar-refractivity contribution >= 4 is 34.1 Å². The number of H-pyrrole nitrogens is 1. The van der Waals surface area contributed by atoms with Crippen LogP contribution in [0, 0.1) is 0 Å². The van der Waals surface area contributed by atoms with E-state index in [0.29, 0.717) is 22.3 Å². The number of rotatable bonds is 7. The Balaban J connectivity index is 1.55. The van der Waals surface area contributed by atoms with Gasteiger partial charge in [-0.05, 0) is 55.7 Å². The summed E-state index contributed by atoms with van der Waals surface area (Å²) in [6.07, 6.45) is 15.4. The first-order valence-electron chi connectivity index (χ1n) is 10.6. The number of benzene rings is 1. The number of fused-ring (bicyclic) bond motifs is 1. The molecule has 2 N–H and O–H groups in total. The maximum absolute atomic E-state index is 6.56. The van der Waals surface area contributed by atoms with E-state index in [1.807, 2.05) is 42.5 Å². The van der Waals surface area contributed by atoms with Crippen LogP contribution in [0.1, 0.15) is 19.8 Å². The third-order valence-corrected chi connectivity index (χ3v) is 5.57. The standard InChI is InChI=1S/C27H25ClN4O/c1-4-5-9-20-10-6-8-18(2)12-14-22(20)19(3)33-25-15-13-21(17-23(25)28)30-27-26-24(31-32-27)11-7-16-29-26/h4-11,13,15-17H,1,3,12,14H2,2H3,(H2,30,31,32). The molecular formula is C27H25ClN4O. The maximum Gasteiger partial charge on any atom is 0.178 e. The number of nitrogens with zero attached hydrogens (tertiary/aromatic N) is 2. The Morgan fingerprint density at radius 1 is 1.27 bits per heavy atom. The van der Waals surface area contributed by atoms with Gasteiger partial charge >= 0.3 is 0 Å². The number of nitrogens with one attached hydrogen (secondary N) is 2. The van der Waals surface area contributed by atoms with Crippen molar-refractivity contribution in [2.24, 2.45) is 0 Å². The van der Waals surface area contributed by atoms with E-state index in [4.69, 9.17) is 16.3 Å². The van der Waals surface area contributed by atoms with Crippen LogP contribution in [-0.4, -0.2) is 15.2 Å². The summed E-state index contributed by atoms with van der Waals surface area (Å²) >= 11 is 6.56. The second kappa shape index (κ2) is 10.2. The number of aromatic nitrogens is 3. The first-order valence-corrected chi connectivity index (χ1v) is 11.0. The Morgan fingerprint density at radius 3 is 2.97 bits per heavy atom. The molecule has 0 radical (unpaired) electrons. The molecule has 1 aliphatic rings. The number of hydrogen-bond donors (Lipinski definition) is 2. The summed E-state index contributed by atoms with van der Waals surface area (Å²) in [5, 5.41) is 11.0. The van der Waals surface area contributed by atoms with Gasteiger partial charge in [-0.1, -0.05) is 66.8 Å². The molecule has 166 valence electrons. The van der Waals surface area contributed by atoms with Crippen molar-refractivity contribution in [2.45, 2.75) is 19.8 Å². The molecule has 3 aromatic rings. The molecule has 2 heterocycles. The van der Waals surface area contributed by atoms with E-state index >= 15 is 0 Å². The number of pyridine rings is 1. The second-order valence-corrected chi connectivity index (χ2v) is 8.08. The fourth-order valence-electron chi connectivity index (χ4n) is 3.53. The third kappa shape index (κ3) is 5.33. The van der Waals surface area contributed by atoms with Crippen LogP contribution in [-0.2, 0) is 0 Å². The van der Waals surface area contributed by atoms with E-state index in [-0.39, 0.29) is 0 Å². The topological polar surface area (TPSA) is 62.8 Å². The van der Waals surface area contributed by atoms with Crippen molar-refractivity contribution in [1.29, 1.82) is 0 Å². The fraction of sp³-hybridized carbons (Fsp3) is 0.111. The Morgan fingerprint density at radius 2 is 2.15 bits per heavy atom. The Hall–Kier alpha value is -3.83. The minimum atomic E-state index is 0.468. The maximum atomic E-state index is 6.56. The summed E-state index contributed by atoms with van der Waals surface area (Å²) in [4.78, 5) is 4.36. The number of halogens is 1. The number of ether oxygens (including phenoxy) is 1. The van der Waals surface area contributed by atoms with Gasteiger partial charge in [0.25, 0.3) is 0 Å². The van der Waals surface area contributed by atoms with E-state index in [1.165, 1.54) is 5.57 Å². The molecule has 2 aromatic heterocycles. The molecule has 33 heavy (non-hydrogen) atoms. The molecule has 0 amide bonds. The highest BCUT2D eigenvalue weighted by Crippen LogP contribution is 2.34. The zero-order valence-electron chi connectivity index (χ0n) is 18.4. The van der Waals surface area contributed by atoms with Gasteiger partial charge in [-0.3, -0.25) is 10.1 Å². The molecule has 0 aliphatic heterocycles. The average Bonchev–Trinajstić information content (AvgIpc) is 3.20. The zero-order valence-corrected chi connectivity index (χ0v) is 19.2. The predicted octanol–water partition coefficient (Wildman–Crippen LogP) is 7.58. The minimum absolute atomic E-state index is 0.468. The molecule has 6 heteroatoms. The van der Waals surface area contributed by atoms with Crippen LogP contribution in [0.4, 0.5) is 11.5 Å². The molecule has 4 rings (SSSR count). The fourth-order valence-corrected chi connectivity index (χ4v) is 3.75. The van der Waals surface area contributed by atoms with Crippen molar-refractivity contribution in [3.05, 3.63) is 114 Å². The number of hydrogen-bond acceptors (Lipinski definition) is 4. The normalized spacial score (nSPS) is 14.2. The molecule has 0 saturated heterocycles. The van der Waals surface area contributed by atoms with Crippen molar-refractivity contribution in [2.75, 3.05) is 5.32 Å². The quantitative estimate of drug-likeness (QED) is 0.284. The lowest BCUT2D eigenvalue weighted by Gasteiger charge is -2.17. The van der Waals surface area contributed by atoms with Gasteiger partial charge in [-0.15, -0.1) is 0 Å². The van der Waals surface area contributed by atoms with Crippen molar-refractivity contribution in [3.63, 3.8) is 0 Å². The van der Waals surface area contributed by atoms with Gasteiger partial charge in [0.05, 0.1) is 10.5 Å². The van der Waals surface area contributed by atoms with Crippen molar-refractivity contribution in [3.8, 4) is 5.75 Å². The monoisotopic (exact) mass is 456 g/mol. The van der Waals surface area contributed by atoms with Gasteiger partial charge in [-0.25, -0.2) is 0 Å². The third-order valence-electron chi connectivity index (χ3n) is 5.27. The molecule has 5 nitrogen and oxygen atoms in total. The summed E-state index contributed by atoms with van der Waals surface area (Å²) in [7, 11) is 0. The molecule has 0 atom stereocenters. The highest BCUT2D eigenvalue weighted by atomic mass is 35.5. The van der Waals surface area contributed by atoms with Gasteiger partial charge in [-0.2, -0.15) is 5.10 Å². The average molecular weight is 457 g/mol. The van der Waals surface area contributed by atoms with Crippen LogP contribution in [0.25, 0.3) is 11.0 Å². The van der Waals surface area contributed by atoms with Gasteiger partial charge < -0.3 is 10.1 Å². The van der Waals surface area contributed by atoms with E-state index < -0.39 is 0 Å². The SMILES string of the molecule is C=CC=CC1=C(C(=C)Oc2ccc(Nc3n[nH]c4cccnc34)cc2Cl)CCC(C)=CC=C1. The lowest BCUT2D eigenvalue weighted by Crippen LogP contribution is -2.03. The van der Waals surface area contributed by atoms with Gasteiger partial charge in [0.2, 0.25) is 0 Å². The summed E-state index contributed by atoms with van der Waals surface area (Å²) in [5.74, 6) is 1.74. The summed E-state index contributed by atoms with van der Waals surface area (Å²) in [5.41, 5.74) is 5.77. The van der Waals surface area contributed by atoms with Gasteiger partial charge in [0.15, 0.2) is 5.82 Å². The highest BCUT2D eigenvalue weighted by molar-refractivity contribution is 6.32. The summed E-state index contributed by atoms with van der Waals surface area (Å²) in [6, 6.07) is 9.28. The largest absolute Gasteiger partial charge is 0.456 e. The van der Waals surface area contributed by atoms with Crippen molar-refractivity contribution < 1.29 is 4.74 Å². The number of aromatic amines is 1. The molecule has 0 bridgehead atoms. The second-order valence-electron chi connectivity index (χ2n) is 7.67. The van der Waals surface area contributed by atoms with Crippen LogP contribution in [0.5, 0.6) is 5.75 Å². The minimum Gasteiger partial charge on any atom is -0.456 e. The Bertz CT molecular complexity index is 1330. The lowest BCUT2D eigenvalue weighted by molar-refractivity contribution is 0.434. The van der Waals surface area contributed by atoms with E-state index in [2.05, 4.69) is 52.7 Å². The van der Waals surface area contributed by atoms with E-state index in [1.54, 1.807) is 18.3 Å². The molecule has 0 spiro atoms. The molecule has 1 aliphatic carbocycles. The number of anilines is 2. The van der Waals surface area contributed by atoms with Crippen LogP contribution >= 0.6 is 11.6 Å². The zero-order chi connectivity index (χ0) is 23.2. The van der Waals surface area contributed by atoms with Crippen LogP contribution < -0.4 is 10.1 Å². The van der Waals surface area contributed by atoms with Crippen LogP contribution in [0.2, 0.25) is 5.02 Å². The Labute approximate surface area is 198 Å². The molecule has 1 aromatic carbocycles. The van der Waals surface area contributed by atoms with Crippen LogP contribution in [0.3, 0.4) is 0 Å². The Kier molecular flexibility index (Phi) is 6.91. The highest BCUT2D eigenvalue weighted by Gasteiger charge is 2.14. The van der Waals surface area contributed by atoms with Gasteiger partial charge in [0, 0.05) is 17.5 Å². The first-order chi connectivity index (χ1) is 16.0. The lowest BCUT2D eigenvalue weighted by atomic mass is 9.96. The molecule has 0 unspecified atom stereocenters. The summed E-state index contributed by atoms with van der Waals surface area (Å²) in [6.45, 7) is 10.1. The van der Waals surface area contributed by atoms with E-state index in [9.17, 15) is 0 Å². The van der Waals surface area contributed by atoms with Crippen LogP contribution in [0.15, 0.2) is 109 Å². The first kappa shape index (κ1) is 22.4. The number of allylic oxidation sites excluding steroid dienone is 9. The molecule has 0 saturated carbocycles. The molecular weight excluding hydrogens is 432 g/mol.